The number of nitrogens with zero attached hydrogens (tertiary/aromatic N) is 1. The normalized spacial score (nSPS) is 23.0. The Morgan fingerprint density at radius 2 is 2.24 bits per heavy atom. The summed E-state index contributed by atoms with van der Waals surface area (Å²) >= 11 is 0. The molecule has 0 saturated carbocycles. The number of benzene rings is 1. The van der Waals surface area contributed by atoms with Crippen molar-refractivity contribution in [2.45, 2.75) is 51.7 Å². The second kappa shape index (κ2) is 6.85. The number of likely N-dealkylation sites (tertiary alicyclic amines) is 1. The molecule has 4 heteroatoms. The van der Waals surface area contributed by atoms with Crippen molar-refractivity contribution in [1.82, 2.24) is 4.90 Å². The molecule has 1 N–H and O–H groups in total. The first-order chi connectivity index (χ1) is 10.0. The monoisotopic (exact) mass is 291 g/mol. The van der Waals surface area contributed by atoms with E-state index in [0.29, 0.717) is 29.8 Å². The Labute approximate surface area is 125 Å². The minimum atomic E-state index is -1.03. The Morgan fingerprint density at radius 1 is 1.48 bits per heavy atom. The molecule has 1 aliphatic heterocycles. The summed E-state index contributed by atoms with van der Waals surface area (Å²) in [5.74, 6) is -1.30. The van der Waals surface area contributed by atoms with Gasteiger partial charge < -0.3 is 5.11 Å². The summed E-state index contributed by atoms with van der Waals surface area (Å²) in [6.07, 6.45) is 5.86. The van der Waals surface area contributed by atoms with Gasteiger partial charge in [0.1, 0.15) is 5.82 Å². The fourth-order valence-corrected chi connectivity index (χ4v) is 3.01. The van der Waals surface area contributed by atoms with Gasteiger partial charge >= 0.3 is 5.97 Å². The number of hydrogen-bond donors (Lipinski definition) is 1. The minimum Gasteiger partial charge on any atom is -0.478 e. The van der Waals surface area contributed by atoms with Crippen molar-refractivity contribution in [2.75, 3.05) is 0 Å². The summed E-state index contributed by atoms with van der Waals surface area (Å²) in [5.41, 5.74) is 1.25. The molecule has 0 spiro atoms. The molecule has 21 heavy (non-hydrogen) atoms. The lowest BCUT2D eigenvalue weighted by atomic mass is 10.1. The highest BCUT2D eigenvalue weighted by Gasteiger charge is 2.29. The van der Waals surface area contributed by atoms with Gasteiger partial charge in [-0.3, -0.25) is 4.90 Å². The Morgan fingerprint density at radius 3 is 2.86 bits per heavy atom. The van der Waals surface area contributed by atoms with Crippen molar-refractivity contribution in [3.63, 3.8) is 0 Å². The SMILES string of the molecule is CCC1CCC(C)N1Cc1ccc(/C=C/C(=O)O)cc1F. The maximum absolute atomic E-state index is 14.2. The highest BCUT2D eigenvalue weighted by atomic mass is 19.1. The molecule has 0 radical (unpaired) electrons. The lowest BCUT2D eigenvalue weighted by Crippen LogP contribution is -2.33. The molecule has 1 saturated heterocycles. The second-order valence-electron chi connectivity index (χ2n) is 5.68. The van der Waals surface area contributed by atoms with E-state index in [-0.39, 0.29) is 5.82 Å². The number of carbonyl (C=O) groups is 1. The molecule has 0 bridgehead atoms. The van der Waals surface area contributed by atoms with E-state index in [1.807, 2.05) is 0 Å². The molecule has 0 aromatic heterocycles. The third-order valence-corrected chi connectivity index (χ3v) is 4.27. The second-order valence-corrected chi connectivity index (χ2v) is 5.68. The van der Waals surface area contributed by atoms with Crippen LogP contribution in [0.2, 0.25) is 0 Å². The predicted octanol–water partition coefficient (Wildman–Crippen LogP) is 3.69. The van der Waals surface area contributed by atoms with Crippen LogP contribution in [0.5, 0.6) is 0 Å². The molecular formula is C17H22FNO2. The average molecular weight is 291 g/mol. The van der Waals surface area contributed by atoms with Crippen LogP contribution < -0.4 is 0 Å². The zero-order chi connectivity index (χ0) is 15.4. The summed E-state index contributed by atoms with van der Waals surface area (Å²) < 4.78 is 14.2. The van der Waals surface area contributed by atoms with E-state index in [0.717, 1.165) is 12.5 Å². The zero-order valence-corrected chi connectivity index (χ0v) is 12.6. The van der Waals surface area contributed by atoms with Crippen molar-refractivity contribution in [2.24, 2.45) is 0 Å². The molecule has 0 amide bonds. The van der Waals surface area contributed by atoms with E-state index in [4.69, 9.17) is 5.11 Å². The van der Waals surface area contributed by atoms with Gasteiger partial charge in [0.15, 0.2) is 0 Å². The Bertz CT molecular complexity index is 542. The summed E-state index contributed by atoms with van der Waals surface area (Å²) in [7, 11) is 0. The predicted molar refractivity (Wildman–Crippen MR) is 81.4 cm³/mol. The van der Waals surface area contributed by atoms with Crippen molar-refractivity contribution < 1.29 is 14.3 Å². The minimum absolute atomic E-state index is 0.267. The molecule has 1 aromatic carbocycles. The highest BCUT2D eigenvalue weighted by molar-refractivity contribution is 5.85. The van der Waals surface area contributed by atoms with Gasteiger partial charge in [-0.2, -0.15) is 0 Å². The van der Waals surface area contributed by atoms with E-state index in [2.05, 4.69) is 18.7 Å². The quantitative estimate of drug-likeness (QED) is 0.841. The molecule has 1 fully saturated rings. The van der Waals surface area contributed by atoms with Crippen LogP contribution in [0, 0.1) is 5.82 Å². The van der Waals surface area contributed by atoms with Crippen LogP contribution in [0.15, 0.2) is 24.3 Å². The molecule has 2 unspecified atom stereocenters. The third-order valence-electron chi connectivity index (χ3n) is 4.27. The van der Waals surface area contributed by atoms with Crippen LogP contribution in [-0.2, 0) is 11.3 Å². The van der Waals surface area contributed by atoms with Gasteiger partial charge in [-0.05, 0) is 43.9 Å². The van der Waals surface area contributed by atoms with Crippen LogP contribution in [-0.4, -0.2) is 28.1 Å². The van der Waals surface area contributed by atoms with Gasteiger partial charge in [-0.1, -0.05) is 19.1 Å². The van der Waals surface area contributed by atoms with Crippen molar-refractivity contribution in [1.29, 1.82) is 0 Å². The van der Waals surface area contributed by atoms with E-state index >= 15 is 0 Å². The van der Waals surface area contributed by atoms with E-state index in [1.165, 1.54) is 25.0 Å². The van der Waals surface area contributed by atoms with E-state index < -0.39 is 5.97 Å². The van der Waals surface area contributed by atoms with Crippen LogP contribution in [0.4, 0.5) is 4.39 Å². The van der Waals surface area contributed by atoms with Crippen molar-refractivity contribution in [3.8, 4) is 0 Å². The molecule has 2 atom stereocenters. The van der Waals surface area contributed by atoms with E-state index in [9.17, 15) is 9.18 Å². The number of aliphatic carboxylic acids is 1. The van der Waals surface area contributed by atoms with Crippen LogP contribution in [0.3, 0.4) is 0 Å². The van der Waals surface area contributed by atoms with E-state index in [1.54, 1.807) is 12.1 Å². The third kappa shape index (κ3) is 3.91. The summed E-state index contributed by atoms with van der Waals surface area (Å²) in [4.78, 5) is 12.8. The van der Waals surface area contributed by atoms with Gasteiger partial charge in [-0.15, -0.1) is 0 Å². The van der Waals surface area contributed by atoms with Crippen LogP contribution >= 0.6 is 0 Å². The molecule has 1 aliphatic rings. The fourth-order valence-electron chi connectivity index (χ4n) is 3.01. The lowest BCUT2D eigenvalue weighted by molar-refractivity contribution is -0.131. The van der Waals surface area contributed by atoms with Gasteiger partial charge in [0.25, 0.3) is 0 Å². The Kier molecular flexibility index (Phi) is 5.12. The molecule has 114 valence electrons. The maximum Gasteiger partial charge on any atom is 0.328 e. The number of carboxylic acid groups (broad SMARTS) is 1. The molecule has 1 heterocycles. The molecule has 0 aliphatic carbocycles. The maximum atomic E-state index is 14.2. The first-order valence-corrected chi connectivity index (χ1v) is 7.46. The Balaban J connectivity index is 2.12. The molecular weight excluding hydrogens is 269 g/mol. The van der Waals surface area contributed by atoms with Crippen LogP contribution in [0.1, 0.15) is 44.2 Å². The van der Waals surface area contributed by atoms with Crippen LogP contribution in [0.25, 0.3) is 6.08 Å². The number of halogens is 1. The molecule has 3 nitrogen and oxygen atoms in total. The number of carboxylic acids is 1. The van der Waals surface area contributed by atoms with Gasteiger partial charge in [0, 0.05) is 30.3 Å². The standard InChI is InChI=1S/C17H22FNO2/c1-3-15-8-4-12(2)19(15)11-14-7-5-13(10-16(14)18)6-9-17(20)21/h5-7,9-10,12,15H,3-4,8,11H2,1-2H3,(H,20,21)/b9-6+. The highest BCUT2D eigenvalue weighted by Crippen LogP contribution is 2.28. The summed E-state index contributed by atoms with van der Waals surface area (Å²) in [6, 6.07) is 5.94. The first kappa shape index (κ1) is 15.7. The van der Waals surface area contributed by atoms with Crippen molar-refractivity contribution >= 4 is 12.0 Å². The van der Waals surface area contributed by atoms with Crippen molar-refractivity contribution in [3.05, 3.63) is 41.2 Å². The van der Waals surface area contributed by atoms with Gasteiger partial charge in [0.2, 0.25) is 0 Å². The molecule has 1 aromatic rings. The molecule has 2 rings (SSSR count). The van der Waals surface area contributed by atoms with Gasteiger partial charge in [-0.25, -0.2) is 9.18 Å². The summed E-state index contributed by atoms with van der Waals surface area (Å²) in [6.45, 7) is 4.98. The average Bonchev–Trinajstić information content (AvgIpc) is 2.80. The fraction of sp³-hybridized carbons (Fsp3) is 0.471. The Hall–Kier alpha value is -1.68. The van der Waals surface area contributed by atoms with Gasteiger partial charge in [0.05, 0.1) is 0 Å². The first-order valence-electron chi connectivity index (χ1n) is 7.46. The zero-order valence-electron chi connectivity index (χ0n) is 12.6. The smallest absolute Gasteiger partial charge is 0.328 e. The summed E-state index contributed by atoms with van der Waals surface area (Å²) in [5, 5.41) is 8.59. The lowest BCUT2D eigenvalue weighted by Gasteiger charge is -2.27. The largest absolute Gasteiger partial charge is 0.478 e. The topological polar surface area (TPSA) is 40.5 Å². The number of hydrogen-bond acceptors (Lipinski definition) is 2. The number of rotatable bonds is 5.